The lowest BCUT2D eigenvalue weighted by Gasteiger charge is -2.26. The number of benzene rings is 3. The molecule has 0 aliphatic carbocycles. The largest absolute Gasteiger partial charge is 0.496 e. The molecule has 9 nitrogen and oxygen atoms in total. The summed E-state index contributed by atoms with van der Waals surface area (Å²) in [5.41, 5.74) is 4.78. The second-order valence-electron chi connectivity index (χ2n) is 10.8. The number of carbonyl (C=O) groups excluding carboxylic acids is 1. The number of nitrogens with zero attached hydrogens (tertiary/aromatic N) is 2. The average molecular weight is 644 g/mol. The molecule has 6 rings (SSSR count). The predicted octanol–water partition coefficient (Wildman–Crippen LogP) is 5.70. The number of ether oxygens (including phenoxy) is 3. The number of fused-ring (bicyclic) bond motifs is 1. The first-order chi connectivity index (χ1) is 21.9. The van der Waals surface area contributed by atoms with Gasteiger partial charge in [0.1, 0.15) is 22.4 Å². The van der Waals surface area contributed by atoms with Crippen LogP contribution in [0.1, 0.15) is 21.5 Å². The van der Waals surface area contributed by atoms with Gasteiger partial charge in [0, 0.05) is 48.8 Å². The van der Waals surface area contributed by atoms with E-state index < -0.39 is 5.97 Å². The third kappa shape index (κ3) is 7.07. The number of H-pyrrole nitrogens is 1. The Morgan fingerprint density at radius 1 is 1.07 bits per heavy atom. The van der Waals surface area contributed by atoms with E-state index in [1.807, 2.05) is 42.6 Å². The highest BCUT2D eigenvalue weighted by Crippen LogP contribution is 2.39. The smallest absolute Gasteiger partial charge is 0.335 e. The number of hydrogen-bond acceptors (Lipinski definition) is 8. The fraction of sp³-hybridized carbons (Fsp3) is 0.265. The molecule has 2 fully saturated rings. The molecule has 0 saturated carbocycles. The predicted molar refractivity (Wildman–Crippen MR) is 180 cm³/mol. The summed E-state index contributed by atoms with van der Waals surface area (Å²) in [5, 5.41) is 10.1. The summed E-state index contributed by atoms with van der Waals surface area (Å²) < 4.78 is 18.0. The first kappa shape index (κ1) is 30.8. The molecule has 0 bridgehead atoms. The Morgan fingerprint density at radius 2 is 1.87 bits per heavy atom. The molecule has 3 heterocycles. The van der Waals surface area contributed by atoms with E-state index >= 15 is 0 Å². The molecule has 0 unspecified atom stereocenters. The number of aromatic amines is 1. The fourth-order valence-corrected chi connectivity index (χ4v) is 6.76. The van der Waals surface area contributed by atoms with Crippen molar-refractivity contribution in [1.82, 2.24) is 14.8 Å². The number of carboxylic acid groups (broad SMARTS) is 1. The van der Waals surface area contributed by atoms with Crippen molar-refractivity contribution in [3.05, 3.63) is 88.5 Å². The number of morpholine rings is 1. The van der Waals surface area contributed by atoms with Crippen LogP contribution in [0.2, 0.25) is 0 Å². The van der Waals surface area contributed by atoms with Crippen LogP contribution in [0.15, 0.2) is 71.8 Å². The molecule has 1 aromatic heterocycles. The van der Waals surface area contributed by atoms with Crippen molar-refractivity contribution < 1.29 is 28.9 Å². The molecule has 0 radical (unpaired) electrons. The van der Waals surface area contributed by atoms with E-state index in [1.165, 1.54) is 11.8 Å². The monoisotopic (exact) mass is 643 g/mol. The number of carboxylic acids is 1. The molecule has 2 aliphatic heterocycles. The van der Waals surface area contributed by atoms with Gasteiger partial charge in [-0.1, -0.05) is 42.2 Å². The maximum atomic E-state index is 13.4. The molecule has 45 heavy (non-hydrogen) atoms. The molecule has 2 N–H and O–H groups in total. The van der Waals surface area contributed by atoms with Crippen molar-refractivity contribution in [2.75, 3.05) is 53.1 Å². The van der Waals surface area contributed by atoms with E-state index in [9.17, 15) is 9.59 Å². The summed E-state index contributed by atoms with van der Waals surface area (Å²) >= 11 is 6.85. The maximum Gasteiger partial charge on any atom is 0.335 e. The SMILES string of the molecule is COc1cc(-c2cc(/C=C3\SC(=S)N(CCc4ccc(C(=O)O)cc4)C3=O)ccc2OCCN2CCOCC2)cc2[nH]ccc12. The van der Waals surface area contributed by atoms with Crippen LogP contribution in [0.4, 0.5) is 0 Å². The number of thioether (sulfide) groups is 1. The standard InChI is InChI=1S/C34H33N3O6S2/c1-41-30-21-25(20-28-26(30)8-10-35-28)27-18-23(4-7-29(27)43-17-14-36-12-15-42-16-13-36)19-31-32(38)37(34(44)45-31)11-9-22-2-5-24(6-3-22)33(39)40/h2-8,10,18-21,35H,9,11-17H2,1H3,(H,39,40)/b31-19-. The van der Waals surface area contributed by atoms with Crippen molar-refractivity contribution in [2.45, 2.75) is 6.42 Å². The third-order valence-corrected chi connectivity index (χ3v) is 9.31. The Morgan fingerprint density at radius 3 is 2.62 bits per heavy atom. The molecule has 0 atom stereocenters. The fourth-order valence-electron chi connectivity index (χ4n) is 5.45. The molecule has 0 spiro atoms. The summed E-state index contributed by atoms with van der Waals surface area (Å²) in [7, 11) is 1.66. The minimum atomic E-state index is -0.969. The summed E-state index contributed by atoms with van der Waals surface area (Å²) in [6, 6.07) is 18.7. The summed E-state index contributed by atoms with van der Waals surface area (Å²) in [5.74, 6) is 0.388. The lowest BCUT2D eigenvalue weighted by Crippen LogP contribution is -2.38. The Balaban J connectivity index is 1.24. The Kier molecular flexibility index (Phi) is 9.50. The highest BCUT2D eigenvalue weighted by atomic mass is 32.2. The van der Waals surface area contributed by atoms with Crippen molar-refractivity contribution in [3.8, 4) is 22.6 Å². The minimum Gasteiger partial charge on any atom is -0.496 e. The Bertz CT molecular complexity index is 1760. The number of thiocarbonyl (C=S) groups is 1. The number of nitrogens with one attached hydrogen (secondary N) is 1. The van der Waals surface area contributed by atoms with E-state index in [4.69, 9.17) is 31.5 Å². The highest BCUT2D eigenvalue weighted by Gasteiger charge is 2.31. The zero-order chi connectivity index (χ0) is 31.3. The zero-order valence-corrected chi connectivity index (χ0v) is 26.4. The second kappa shape index (κ2) is 13.9. The van der Waals surface area contributed by atoms with Crippen molar-refractivity contribution in [1.29, 1.82) is 0 Å². The van der Waals surface area contributed by atoms with Crippen LogP contribution < -0.4 is 9.47 Å². The van der Waals surface area contributed by atoms with Gasteiger partial charge in [0.05, 0.1) is 30.8 Å². The van der Waals surface area contributed by atoms with Crippen molar-refractivity contribution >= 4 is 57.2 Å². The van der Waals surface area contributed by atoms with Gasteiger partial charge in [-0.3, -0.25) is 14.6 Å². The molecule has 2 saturated heterocycles. The van der Waals surface area contributed by atoms with Gasteiger partial charge in [0.2, 0.25) is 0 Å². The molecule has 232 valence electrons. The van der Waals surface area contributed by atoms with Gasteiger partial charge in [-0.25, -0.2) is 4.79 Å². The molecule has 11 heteroatoms. The van der Waals surface area contributed by atoms with E-state index in [2.05, 4.69) is 16.0 Å². The van der Waals surface area contributed by atoms with Gasteiger partial charge >= 0.3 is 5.97 Å². The van der Waals surface area contributed by atoms with Crippen LogP contribution >= 0.6 is 24.0 Å². The second-order valence-corrected chi connectivity index (χ2v) is 12.4. The van der Waals surface area contributed by atoms with Gasteiger partial charge in [-0.05, 0) is 71.7 Å². The van der Waals surface area contributed by atoms with Gasteiger partial charge < -0.3 is 24.3 Å². The number of aromatic carboxylic acids is 1. The lowest BCUT2D eigenvalue weighted by molar-refractivity contribution is -0.122. The van der Waals surface area contributed by atoms with Gasteiger partial charge in [0.25, 0.3) is 5.91 Å². The van der Waals surface area contributed by atoms with Gasteiger partial charge in [-0.2, -0.15) is 0 Å². The van der Waals surface area contributed by atoms with Crippen LogP contribution in [0.25, 0.3) is 28.1 Å². The average Bonchev–Trinajstić information content (AvgIpc) is 3.64. The number of hydrogen-bond donors (Lipinski definition) is 2. The summed E-state index contributed by atoms with van der Waals surface area (Å²) in [4.78, 5) is 32.3. The van der Waals surface area contributed by atoms with Crippen molar-refractivity contribution in [2.24, 2.45) is 0 Å². The molecular formula is C34H33N3O6S2. The molecule has 1 amide bonds. The zero-order valence-electron chi connectivity index (χ0n) is 24.8. The number of amides is 1. The normalized spacial score (nSPS) is 16.6. The van der Waals surface area contributed by atoms with Crippen molar-refractivity contribution in [3.63, 3.8) is 0 Å². The maximum absolute atomic E-state index is 13.4. The van der Waals surface area contributed by atoms with Crippen LogP contribution in [0, 0.1) is 0 Å². The molecule has 3 aromatic carbocycles. The molecular weight excluding hydrogens is 611 g/mol. The number of rotatable bonds is 11. The first-order valence-electron chi connectivity index (χ1n) is 14.7. The topological polar surface area (TPSA) is 104 Å². The summed E-state index contributed by atoms with van der Waals surface area (Å²) in [6.07, 6.45) is 4.32. The number of carbonyl (C=O) groups is 2. The molecule has 2 aliphatic rings. The first-order valence-corrected chi connectivity index (χ1v) is 15.9. The third-order valence-electron chi connectivity index (χ3n) is 7.93. The van der Waals surface area contributed by atoms with E-state index in [0.29, 0.717) is 28.8 Å². The van der Waals surface area contributed by atoms with Crippen LogP contribution in [0.5, 0.6) is 11.5 Å². The minimum absolute atomic E-state index is 0.144. The number of methoxy groups -OCH3 is 1. The van der Waals surface area contributed by atoms with Crippen LogP contribution in [-0.4, -0.2) is 89.2 Å². The molecule has 4 aromatic rings. The number of aromatic nitrogens is 1. The highest BCUT2D eigenvalue weighted by molar-refractivity contribution is 8.26. The Labute approximate surface area is 270 Å². The summed E-state index contributed by atoms with van der Waals surface area (Å²) in [6.45, 7) is 5.01. The van der Waals surface area contributed by atoms with E-state index in [-0.39, 0.29) is 11.5 Å². The van der Waals surface area contributed by atoms with Crippen LogP contribution in [-0.2, 0) is 16.0 Å². The van der Waals surface area contributed by atoms with E-state index in [0.717, 1.165) is 77.5 Å². The van der Waals surface area contributed by atoms with E-state index in [1.54, 1.807) is 36.3 Å². The Hall–Kier alpha value is -4.16. The van der Waals surface area contributed by atoms with Gasteiger partial charge in [-0.15, -0.1) is 0 Å². The lowest BCUT2D eigenvalue weighted by atomic mass is 10.00. The quantitative estimate of drug-likeness (QED) is 0.157. The van der Waals surface area contributed by atoms with Crippen LogP contribution in [0.3, 0.4) is 0 Å². The van der Waals surface area contributed by atoms with Gasteiger partial charge in [0.15, 0.2) is 0 Å².